The Morgan fingerprint density at radius 1 is 1.12 bits per heavy atom. The Kier molecular flexibility index (Phi) is 5.68. The number of ether oxygens (including phenoxy) is 1. The van der Waals surface area contributed by atoms with Gasteiger partial charge in [0.1, 0.15) is 26.2 Å². The molecule has 26 heavy (non-hydrogen) atoms. The first-order valence-electron chi connectivity index (χ1n) is 9.37. The Bertz CT molecular complexity index is 681. The number of piperazine rings is 1. The third-order valence-corrected chi connectivity index (χ3v) is 5.38. The highest BCUT2D eigenvalue weighted by molar-refractivity contribution is 6.21. The normalized spacial score (nSPS) is 26.2. The van der Waals surface area contributed by atoms with Crippen molar-refractivity contribution in [3.8, 4) is 0 Å². The van der Waals surface area contributed by atoms with Gasteiger partial charge in [-0.1, -0.05) is 0 Å². The highest BCUT2D eigenvalue weighted by Gasteiger charge is 2.46. The molecule has 0 bridgehead atoms. The summed E-state index contributed by atoms with van der Waals surface area (Å²) in [5.74, 6) is -0.702. The van der Waals surface area contributed by atoms with Crippen molar-refractivity contribution >= 4 is 23.5 Å². The molecule has 0 radical (unpaired) electrons. The molecule has 140 valence electrons. The molecule has 3 rings (SSSR count). The summed E-state index contributed by atoms with van der Waals surface area (Å²) >= 11 is 0. The Hall–Kier alpha value is -2.25. The molecular formula is C19H27N3O4+2. The number of nitrogens with zero attached hydrogens (tertiary/aromatic N) is 1. The van der Waals surface area contributed by atoms with Gasteiger partial charge in [-0.2, -0.15) is 0 Å². The van der Waals surface area contributed by atoms with Crippen LogP contribution in [0.25, 0.3) is 0 Å². The van der Waals surface area contributed by atoms with E-state index in [0.29, 0.717) is 17.9 Å². The van der Waals surface area contributed by atoms with E-state index in [1.807, 2.05) is 0 Å². The molecule has 2 heterocycles. The van der Waals surface area contributed by atoms with Gasteiger partial charge in [0.25, 0.3) is 5.91 Å². The van der Waals surface area contributed by atoms with E-state index in [4.69, 9.17) is 4.74 Å². The second-order valence-electron chi connectivity index (χ2n) is 6.85. The van der Waals surface area contributed by atoms with Crippen LogP contribution in [-0.4, -0.2) is 63.2 Å². The minimum atomic E-state index is -0.406. The monoisotopic (exact) mass is 361 g/mol. The predicted octanol–water partition coefficient (Wildman–Crippen LogP) is -1.70. The number of quaternary nitrogens is 2. The van der Waals surface area contributed by atoms with E-state index in [9.17, 15) is 14.4 Å². The lowest BCUT2D eigenvalue weighted by Gasteiger charge is -2.31. The first-order valence-corrected chi connectivity index (χ1v) is 9.37. The molecule has 0 aromatic heterocycles. The zero-order valence-corrected chi connectivity index (χ0v) is 15.4. The number of carbonyl (C=O) groups excluding carboxylic acids is 3. The summed E-state index contributed by atoms with van der Waals surface area (Å²) in [5, 5.41) is 0. The van der Waals surface area contributed by atoms with Crippen LogP contribution >= 0.6 is 0 Å². The summed E-state index contributed by atoms with van der Waals surface area (Å²) in [6.07, 6.45) is 0.259. The van der Waals surface area contributed by atoms with Crippen LogP contribution in [0.15, 0.2) is 24.3 Å². The van der Waals surface area contributed by atoms with Crippen molar-refractivity contribution < 1.29 is 28.9 Å². The quantitative estimate of drug-likeness (QED) is 0.484. The van der Waals surface area contributed by atoms with Gasteiger partial charge >= 0.3 is 5.97 Å². The van der Waals surface area contributed by atoms with Crippen LogP contribution in [0.3, 0.4) is 0 Å². The molecule has 0 unspecified atom stereocenters. The molecule has 2 fully saturated rings. The van der Waals surface area contributed by atoms with Crippen molar-refractivity contribution in [1.29, 1.82) is 0 Å². The van der Waals surface area contributed by atoms with Crippen LogP contribution in [0.1, 0.15) is 30.6 Å². The number of nitrogens with one attached hydrogen (secondary N) is 2. The van der Waals surface area contributed by atoms with Gasteiger partial charge in [0, 0.05) is 0 Å². The van der Waals surface area contributed by atoms with Gasteiger partial charge in [0.15, 0.2) is 6.04 Å². The maximum atomic E-state index is 12.9. The second-order valence-corrected chi connectivity index (χ2v) is 6.85. The Labute approximate surface area is 153 Å². The smallest absolute Gasteiger partial charge is 0.338 e. The molecule has 1 atom stereocenters. The molecule has 1 aromatic carbocycles. The van der Waals surface area contributed by atoms with Gasteiger partial charge < -0.3 is 14.5 Å². The number of rotatable bonds is 5. The number of benzene rings is 1. The molecule has 7 heteroatoms. The first-order chi connectivity index (χ1) is 12.5. The second kappa shape index (κ2) is 7.97. The van der Waals surface area contributed by atoms with E-state index in [2.05, 4.69) is 6.92 Å². The summed E-state index contributed by atoms with van der Waals surface area (Å²) in [7, 11) is 0. The largest absolute Gasteiger partial charge is 0.462 e. The Balaban J connectivity index is 1.70. The average Bonchev–Trinajstić information content (AvgIpc) is 2.96. The Morgan fingerprint density at radius 3 is 2.35 bits per heavy atom. The molecule has 0 spiro atoms. The molecule has 2 saturated heterocycles. The number of hydrogen-bond donors (Lipinski definition) is 2. The topological polar surface area (TPSA) is 72.6 Å². The first kappa shape index (κ1) is 18.5. The fourth-order valence-corrected chi connectivity index (χ4v) is 3.81. The van der Waals surface area contributed by atoms with Gasteiger partial charge in [0.2, 0.25) is 5.91 Å². The molecule has 0 saturated carbocycles. The van der Waals surface area contributed by atoms with Crippen molar-refractivity contribution in [3.05, 3.63) is 29.8 Å². The highest BCUT2D eigenvalue weighted by Crippen LogP contribution is 2.22. The lowest BCUT2D eigenvalue weighted by atomic mass is 10.1. The number of anilines is 1. The fourth-order valence-electron chi connectivity index (χ4n) is 3.81. The van der Waals surface area contributed by atoms with E-state index in [1.54, 1.807) is 36.1 Å². The summed E-state index contributed by atoms with van der Waals surface area (Å²) < 4.78 is 4.96. The zero-order chi connectivity index (χ0) is 18.7. The highest BCUT2D eigenvalue weighted by atomic mass is 16.5. The SMILES string of the molecule is CCOC(=O)c1ccc(N2C(=O)C[C@@H]([NH+]3CC[NH+](CC)CC3)C2=O)cc1. The molecule has 0 aliphatic carbocycles. The van der Waals surface area contributed by atoms with Crippen molar-refractivity contribution in [2.75, 3.05) is 44.2 Å². The van der Waals surface area contributed by atoms with E-state index < -0.39 is 5.97 Å². The summed E-state index contributed by atoms with van der Waals surface area (Å²) in [4.78, 5) is 41.1. The third-order valence-electron chi connectivity index (χ3n) is 5.38. The van der Waals surface area contributed by atoms with Gasteiger partial charge in [-0.05, 0) is 38.1 Å². The lowest BCUT2D eigenvalue weighted by molar-refractivity contribution is -1.02. The molecule has 2 aliphatic rings. The number of carbonyl (C=O) groups is 3. The van der Waals surface area contributed by atoms with E-state index in [0.717, 1.165) is 32.7 Å². The van der Waals surface area contributed by atoms with Gasteiger partial charge in [-0.15, -0.1) is 0 Å². The average molecular weight is 361 g/mol. The summed E-state index contributed by atoms with van der Waals surface area (Å²) in [5.41, 5.74) is 0.934. The molecule has 2 N–H and O–H groups in total. The minimum Gasteiger partial charge on any atom is -0.462 e. The maximum Gasteiger partial charge on any atom is 0.338 e. The number of likely N-dealkylation sites (N-methyl/N-ethyl adjacent to an activating group) is 1. The third kappa shape index (κ3) is 3.64. The fraction of sp³-hybridized carbons (Fsp3) is 0.526. The standard InChI is InChI=1S/C19H25N3O4/c1-3-20-9-11-21(12-10-20)16-13-17(23)22(18(16)24)15-7-5-14(6-8-15)19(25)26-4-2/h5-8,16H,3-4,9-13H2,1-2H3/p+2/t16-/m1/s1. The molecule has 7 nitrogen and oxygen atoms in total. The zero-order valence-electron chi connectivity index (χ0n) is 15.4. The van der Waals surface area contributed by atoms with Crippen LogP contribution in [0.2, 0.25) is 0 Å². The predicted molar refractivity (Wildman–Crippen MR) is 95.2 cm³/mol. The molecule has 1 aromatic rings. The van der Waals surface area contributed by atoms with Crippen LogP contribution in [0, 0.1) is 0 Å². The number of hydrogen-bond acceptors (Lipinski definition) is 4. The van der Waals surface area contributed by atoms with Crippen LogP contribution in [-0.2, 0) is 14.3 Å². The van der Waals surface area contributed by atoms with Crippen LogP contribution in [0.4, 0.5) is 5.69 Å². The number of esters is 1. The minimum absolute atomic E-state index is 0.131. The molecule has 2 amide bonds. The summed E-state index contributed by atoms with van der Waals surface area (Å²) in [6, 6.07) is 6.18. The van der Waals surface area contributed by atoms with Gasteiger partial charge in [-0.25, -0.2) is 9.69 Å². The van der Waals surface area contributed by atoms with Crippen molar-refractivity contribution in [2.24, 2.45) is 0 Å². The van der Waals surface area contributed by atoms with E-state index in [-0.39, 0.29) is 24.3 Å². The van der Waals surface area contributed by atoms with Crippen LogP contribution in [0.5, 0.6) is 0 Å². The lowest BCUT2D eigenvalue weighted by Crippen LogP contribution is -3.29. The molecule has 2 aliphatic heterocycles. The van der Waals surface area contributed by atoms with E-state index >= 15 is 0 Å². The maximum absolute atomic E-state index is 12.9. The van der Waals surface area contributed by atoms with Crippen LogP contribution < -0.4 is 14.7 Å². The van der Waals surface area contributed by atoms with Gasteiger partial charge in [0.05, 0.1) is 30.8 Å². The molecular weight excluding hydrogens is 334 g/mol. The summed E-state index contributed by atoms with van der Waals surface area (Å²) in [6.45, 7) is 9.25. The van der Waals surface area contributed by atoms with Crippen molar-refractivity contribution in [2.45, 2.75) is 26.3 Å². The Morgan fingerprint density at radius 2 is 1.77 bits per heavy atom. The number of amides is 2. The van der Waals surface area contributed by atoms with Crippen molar-refractivity contribution in [3.63, 3.8) is 0 Å². The number of imide groups is 1. The van der Waals surface area contributed by atoms with E-state index in [1.165, 1.54) is 9.80 Å². The van der Waals surface area contributed by atoms with Gasteiger partial charge in [-0.3, -0.25) is 9.59 Å². The van der Waals surface area contributed by atoms with Crippen molar-refractivity contribution in [1.82, 2.24) is 0 Å².